The third-order valence-electron chi connectivity index (χ3n) is 5.72. The molecule has 3 aromatic carbocycles. The van der Waals surface area contributed by atoms with Crippen LogP contribution in [0.4, 0.5) is 5.69 Å². The van der Waals surface area contributed by atoms with E-state index in [-0.39, 0.29) is 5.91 Å². The van der Waals surface area contributed by atoms with Crippen molar-refractivity contribution in [3.63, 3.8) is 0 Å². The maximum atomic E-state index is 13.7. The zero-order chi connectivity index (χ0) is 21.5. The van der Waals surface area contributed by atoms with Crippen molar-refractivity contribution in [3.8, 4) is 0 Å². The Morgan fingerprint density at radius 1 is 0.774 bits per heavy atom. The first-order valence-electron chi connectivity index (χ1n) is 10.00. The van der Waals surface area contributed by atoms with E-state index in [9.17, 15) is 9.59 Å². The van der Waals surface area contributed by atoms with Crippen molar-refractivity contribution >= 4 is 46.3 Å². The minimum atomic E-state index is -0.394. The highest BCUT2D eigenvalue weighted by atomic mass is 35.5. The molecule has 2 aliphatic rings. The predicted octanol–water partition coefficient (Wildman–Crippen LogP) is 5.34. The second-order valence-corrected chi connectivity index (χ2v) is 8.41. The Hall–Kier alpha value is -3.08. The molecular weight excluding hydrogens is 431 g/mol. The molecule has 0 aromatic heterocycles. The first-order valence-corrected chi connectivity index (χ1v) is 10.8. The zero-order valence-electron chi connectivity index (χ0n) is 16.5. The summed E-state index contributed by atoms with van der Waals surface area (Å²) in [5, 5.41) is 0.699. The van der Waals surface area contributed by atoms with Crippen molar-refractivity contribution in [3.05, 3.63) is 105 Å². The summed E-state index contributed by atoms with van der Waals surface area (Å²) in [6, 6.07) is 22.3. The minimum absolute atomic E-state index is 0.295. The number of nitrogens with zero attached hydrogens (tertiary/aromatic N) is 2. The molecule has 6 heteroatoms. The van der Waals surface area contributed by atoms with Gasteiger partial charge in [0.25, 0.3) is 11.8 Å². The average molecular weight is 449 g/mol. The lowest BCUT2D eigenvalue weighted by molar-refractivity contribution is -0.120. The highest BCUT2D eigenvalue weighted by Gasteiger charge is 2.43. The fraction of sp³-hybridized carbons (Fsp3) is 0.120. The van der Waals surface area contributed by atoms with Gasteiger partial charge in [0.1, 0.15) is 5.70 Å². The van der Waals surface area contributed by atoms with E-state index in [4.69, 9.17) is 23.2 Å². The molecule has 0 atom stereocenters. The fourth-order valence-electron chi connectivity index (χ4n) is 4.24. The summed E-state index contributed by atoms with van der Waals surface area (Å²) < 4.78 is 0. The zero-order valence-corrected chi connectivity index (χ0v) is 18.0. The molecule has 0 saturated heterocycles. The van der Waals surface area contributed by atoms with E-state index in [0.29, 0.717) is 45.7 Å². The van der Waals surface area contributed by atoms with Crippen molar-refractivity contribution in [2.75, 3.05) is 11.4 Å². The fourth-order valence-corrected chi connectivity index (χ4v) is 4.61. The summed E-state index contributed by atoms with van der Waals surface area (Å²) in [6.45, 7) is 1.22. The number of hydrogen-bond acceptors (Lipinski definition) is 3. The quantitative estimate of drug-likeness (QED) is 0.507. The van der Waals surface area contributed by atoms with E-state index in [2.05, 4.69) is 12.1 Å². The Morgan fingerprint density at radius 2 is 1.48 bits per heavy atom. The maximum absolute atomic E-state index is 13.7. The van der Waals surface area contributed by atoms with E-state index >= 15 is 0 Å². The van der Waals surface area contributed by atoms with Crippen molar-refractivity contribution in [1.29, 1.82) is 0 Å². The van der Waals surface area contributed by atoms with Crippen LogP contribution in [-0.2, 0) is 22.6 Å². The summed E-state index contributed by atoms with van der Waals surface area (Å²) in [5.74, 6) is -0.776. The van der Waals surface area contributed by atoms with Gasteiger partial charge < -0.3 is 4.90 Å². The summed E-state index contributed by atoms with van der Waals surface area (Å²) in [4.78, 5) is 30.4. The Balaban J connectivity index is 1.64. The van der Waals surface area contributed by atoms with Crippen molar-refractivity contribution in [2.24, 2.45) is 0 Å². The van der Waals surface area contributed by atoms with Crippen LogP contribution in [0, 0.1) is 0 Å². The molecular formula is C25H18Cl2N2O2. The molecule has 0 bridgehead atoms. The minimum Gasteiger partial charge on any atom is -0.362 e. The number of imide groups is 1. The summed E-state index contributed by atoms with van der Waals surface area (Å²) in [7, 11) is 0. The van der Waals surface area contributed by atoms with E-state index in [1.54, 1.807) is 18.2 Å². The molecule has 4 nitrogen and oxygen atoms in total. The smallest absolute Gasteiger partial charge is 0.282 e. The summed E-state index contributed by atoms with van der Waals surface area (Å²) >= 11 is 12.5. The number of anilines is 1. The molecule has 0 unspecified atom stereocenters. The van der Waals surface area contributed by atoms with Gasteiger partial charge in [0.05, 0.1) is 16.3 Å². The summed E-state index contributed by atoms with van der Waals surface area (Å²) in [5.41, 5.74) is 4.23. The summed E-state index contributed by atoms with van der Waals surface area (Å²) in [6.07, 6.45) is 0.807. The Labute approximate surface area is 190 Å². The molecule has 2 aliphatic heterocycles. The number of hydrogen-bond donors (Lipinski definition) is 0. The monoisotopic (exact) mass is 448 g/mol. The molecule has 154 valence electrons. The molecule has 3 aromatic rings. The number of benzene rings is 3. The van der Waals surface area contributed by atoms with Crippen molar-refractivity contribution in [2.45, 2.75) is 13.0 Å². The molecule has 0 aliphatic carbocycles. The lowest BCUT2D eigenvalue weighted by Gasteiger charge is -2.31. The van der Waals surface area contributed by atoms with Crippen LogP contribution in [0.2, 0.25) is 10.0 Å². The van der Waals surface area contributed by atoms with E-state index in [1.165, 1.54) is 5.56 Å². The Bertz CT molecular complexity index is 1240. The highest BCUT2D eigenvalue weighted by Crippen LogP contribution is 2.39. The molecule has 5 rings (SSSR count). The number of rotatable bonds is 3. The average Bonchev–Trinajstić information content (AvgIpc) is 3.05. The van der Waals surface area contributed by atoms with Gasteiger partial charge in [-0.05, 0) is 41.3 Å². The number of amides is 2. The number of carbonyl (C=O) groups excluding carboxylic acids is 2. The number of fused-ring (bicyclic) bond motifs is 1. The van der Waals surface area contributed by atoms with Gasteiger partial charge in [0.15, 0.2) is 0 Å². The Morgan fingerprint density at radius 3 is 2.26 bits per heavy atom. The van der Waals surface area contributed by atoms with Crippen molar-refractivity contribution in [1.82, 2.24) is 4.90 Å². The van der Waals surface area contributed by atoms with Gasteiger partial charge in [-0.3, -0.25) is 9.59 Å². The third kappa shape index (κ3) is 3.42. The van der Waals surface area contributed by atoms with Crippen LogP contribution >= 0.6 is 23.2 Å². The molecule has 2 amide bonds. The van der Waals surface area contributed by atoms with Crippen LogP contribution in [0.1, 0.15) is 16.7 Å². The molecule has 0 radical (unpaired) electrons. The van der Waals surface area contributed by atoms with Gasteiger partial charge in [-0.2, -0.15) is 0 Å². The van der Waals surface area contributed by atoms with Crippen LogP contribution < -0.4 is 4.90 Å². The predicted molar refractivity (Wildman–Crippen MR) is 123 cm³/mol. The number of halogens is 2. The van der Waals surface area contributed by atoms with Gasteiger partial charge >= 0.3 is 0 Å². The van der Waals surface area contributed by atoms with E-state index in [1.807, 2.05) is 47.4 Å². The molecule has 0 fully saturated rings. The van der Waals surface area contributed by atoms with Gasteiger partial charge in [-0.1, -0.05) is 77.8 Å². The molecule has 31 heavy (non-hydrogen) atoms. The largest absolute Gasteiger partial charge is 0.362 e. The van der Waals surface area contributed by atoms with Gasteiger partial charge in [-0.25, -0.2) is 4.90 Å². The van der Waals surface area contributed by atoms with Crippen LogP contribution in [0.25, 0.3) is 5.57 Å². The lowest BCUT2D eigenvalue weighted by Crippen LogP contribution is -2.37. The van der Waals surface area contributed by atoms with Gasteiger partial charge in [0.2, 0.25) is 0 Å². The second kappa shape index (κ2) is 7.88. The van der Waals surface area contributed by atoms with Gasteiger partial charge in [0, 0.05) is 18.1 Å². The van der Waals surface area contributed by atoms with Gasteiger partial charge in [-0.15, -0.1) is 0 Å². The molecule has 0 N–H and O–H groups in total. The van der Waals surface area contributed by atoms with Crippen LogP contribution in [0.3, 0.4) is 0 Å². The normalized spacial score (nSPS) is 16.2. The number of carbonyl (C=O) groups is 2. The SMILES string of the molecule is O=C1C(c2ccccc2)=C(N2CCc3ccccc3C2)C(=O)N1c1cc(Cl)ccc1Cl. The van der Waals surface area contributed by atoms with Crippen LogP contribution in [0.15, 0.2) is 78.5 Å². The first-order chi connectivity index (χ1) is 15.0. The first kappa shape index (κ1) is 19.9. The molecule has 0 saturated carbocycles. The van der Waals surface area contributed by atoms with Crippen LogP contribution in [-0.4, -0.2) is 23.3 Å². The third-order valence-corrected chi connectivity index (χ3v) is 6.27. The van der Waals surface area contributed by atoms with Crippen LogP contribution in [0.5, 0.6) is 0 Å². The molecule has 0 spiro atoms. The molecule has 2 heterocycles. The van der Waals surface area contributed by atoms with E-state index < -0.39 is 5.91 Å². The standard InChI is InChI=1S/C25H18Cl2N2O2/c26-19-10-11-20(27)21(14-19)29-24(30)22(17-7-2-1-3-8-17)23(25(29)31)28-13-12-16-6-4-5-9-18(16)15-28/h1-11,14H,12-13,15H2. The second-order valence-electron chi connectivity index (χ2n) is 7.57. The Kier molecular flexibility index (Phi) is 5.05. The maximum Gasteiger partial charge on any atom is 0.282 e. The van der Waals surface area contributed by atoms with E-state index in [0.717, 1.165) is 16.9 Å². The highest BCUT2D eigenvalue weighted by molar-refractivity contribution is 6.47. The topological polar surface area (TPSA) is 40.6 Å². The lowest BCUT2D eigenvalue weighted by atomic mass is 9.98. The van der Waals surface area contributed by atoms with Crippen molar-refractivity contribution < 1.29 is 9.59 Å².